The fourth-order valence-electron chi connectivity index (χ4n) is 1.39. The molecule has 1 aliphatic heterocycles. The van der Waals surface area contributed by atoms with E-state index in [9.17, 15) is 5.11 Å². The Morgan fingerprint density at radius 3 is 2.56 bits per heavy atom. The minimum atomic E-state index is -1.77. The molecular formula is C13H25NO3Si. The predicted octanol–water partition coefficient (Wildman–Crippen LogP) is 1.74. The summed E-state index contributed by atoms with van der Waals surface area (Å²) in [7, 11) is -1.77. The van der Waals surface area contributed by atoms with Gasteiger partial charge in [0.05, 0.1) is 31.6 Å². The van der Waals surface area contributed by atoms with E-state index in [4.69, 9.17) is 9.53 Å². The Kier molecular flexibility index (Phi) is 4.88. The molecule has 2 N–H and O–H groups in total. The van der Waals surface area contributed by atoms with E-state index in [1.54, 1.807) is 6.08 Å². The third-order valence-electron chi connectivity index (χ3n) is 3.82. The van der Waals surface area contributed by atoms with Crippen LogP contribution < -0.4 is 0 Å². The Hall–Kier alpha value is -0.493. The molecule has 0 aliphatic carbocycles. The van der Waals surface area contributed by atoms with E-state index in [1.807, 2.05) is 0 Å². The Morgan fingerprint density at radius 1 is 1.44 bits per heavy atom. The maximum atomic E-state index is 9.58. The number of aliphatic hydroxyl groups is 2. The van der Waals surface area contributed by atoms with Crippen molar-refractivity contribution >= 4 is 14.0 Å². The van der Waals surface area contributed by atoms with E-state index in [0.29, 0.717) is 18.7 Å². The van der Waals surface area contributed by atoms with E-state index >= 15 is 0 Å². The minimum Gasteiger partial charge on any atom is -0.411 e. The molecule has 1 heterocycles. The molecule has 0 saturated carbocycles. The van der Waals surface area contributed by atoms with Crippen LogP contribution in [0.2, 0.25) is 18.1 Å². The van der Waals surface area contributed by atoms with Crippen molar-refractivity contribution in [3.63, 3.8) is 0 Å². The Morgan fingerprint density at radius 2 is 2.06 bits per heavy atom. The van der Waals surface area contributed by atoms with Crippen molar-refractivity contribution in [2.45, 2.75) is 45.0 Å². The van der Waals surface area contributed by atoms with E-state index in [2.05, 4.69) is 38.9 Å². The topological polar surface area (TPSA) is 62.0 Å². The van der Waals surface area contributed by atoms with Crippen LogP contribution in [-0.2, 0) is 4.43 Å². The molecule has 5 heteroatoms. The van der Waals surface area contributed by atoms with Gasteiger partial charge in [0.1, 0.15) is 0 Å². The van der Waals surface area contributed by atoms with Crippen LogP contribution in [0.25, 0.3) is 0 Å². The number of hydrogen-bond donors (Lipinski definition) is 2. The summed E-state index contributed by atoms with van der Waals surface area (Å²) in [5.74, 6) is 0. The van der Waals surface area contributed by atoms with E-state index in [-0.39, 0.29) is 11.6 Å². The molecule has 1 atom stereocenters. The van der Waals surface area contributed by atoms with E-state index < -0.39 is 14.4 Å². The van der Waals surface area contributed by atoms with Gasteiger partial charge in [-0.1, -0.05) is 20.8 Å². The molecule has 18 heavy (non-hydrogen) atoms. The minimum absolute atomic E-state index is 0.125. The lowest BCUT2D eigenvalue weighted by molar-refractivity contribution is 0.193. The van der Waals surface area contributed by atoms with Gasteiger partial charge in [-0.2, -0.15) is 0 Å². The zero-order chi connectivity index (χ0) is 14.0. The Balaban J connectivity index is 2.63. The third kappa shape index (κ3) is 3.75. The van der Waals surface area contributed by atoms with Gasteiger partial charge in [-0.15, -0.1) is 0 Å². The first kappa shape index (κ1) is 15.6. The number of rotatable bonds is 4. The van der Waals surface area contributed by atoms with Gasteiger partial charge in [0.25, 0.3) is 0 Å². The molecule has 0 aromatic carbocycles. The SMILES string of the molecule is CC(C)(C)[Si](C)(C)OCC1=NCC(O)C(CO)=C1. The van der Waals surface area contributed by atoms with Gasteiger partial charge in [-0.3, -0.25) is 4.99 Å². The highest BCUT2D eigenvalue weighted by molar-refractivity contribution is 6.74. The van der Waals surface area contributed by atoms with Gasteiger partial charge >= 0.3 is 0 Å². The van der Waals surface area contributed by atoms with Crippen molar-refractivity contribution in [2.75, 3.05) is 19.8 Å². The molecule has 0 saturated heterocycles. The molecular weight excluding hydrogens is 246 g/mol. The van der Waals surface area contributed by atoms with Gasteiger partial charge in [-0.05, 0) is 29.8 Å². The van der Waals surface area contributed by atoms with Crippen LogP contribution in [0.1, 0.15) is 20.8 Å². The number of aliphatic hydroxyl groups excluding tert-OH is 2. The first-order valence-corrected chi connectivity index (χ1v) is 9.25. The molecule has 4 nitrogen and oxygen atoms in total. The highest BCUT2D eigenvalue weighted by Crippen LogP contribution is 2.36. The molecule has 1 aliphatic rings. The van der Waals surface area contributed by atoms with Crippen molar-refractivity contribution < 1.29 is 14.6 Å². The zero-order valence-corrected chi connectivity index (χ0v) is 13.0. The molecule has 0 aromatic heterocycles. The maximum absolute atomic E-state index is 9.58. The molecule has 104 valence electrons. The van der Waals surface area contributed by atoms with Crippen LogP contribution in [0.15, 0.2) is 16.6 Å². The molecule has 1 rings (SSSR count). The molecule has 1 unspecified atom stereocenters. The smallest absolute Gasteiger partial charge is 0.192 e. The van der Waals surface area contributed by atoms with Crippen LogP contribution in [0.5, 0.6) is 0 Å². The summed E-state index contributed by atoms with van der Waals surface area (Å²) in [6, 6.07) is 0. The second-order valence-corrected chi connectivity index (χ2v) is 11.1. The van der Waals surface area contributed by atoms with Crippen LogP contribution in [0.4, 0.5) is 0 Å². The molecule has 0 spiro atoms. The van der Waals surface area contributed by atoms with E-state index in [1.165, 1.54) is 0 Å². The Bertz CT molecular complexity index is 356. The molecule has 0 fully saturated rings. The maximum Gasteiger partial charge on any atom is 0.192 e. The quantitative estimate of drug-likeness (QED) is 0.766. The molecule has 0 aromatic rings. The summed E-state index contributed by atoms with van der Waals surface area (Å²) in [6.45, 7) is 11.6. The lowest BCUT2D eigenvalue weighted by atomic mass is 10.1. The highest BCUT2D eigenvalue weighted by Gasteiger charge is 2.37. The van der Waals surface area contributed by atoms with Crippen LogP contribution in [0, 0.1) is 0 Å². The predicted molar refractivity (Wildman–Crippen MR) is 76.6 cm³/mol. The number of hydrogen-bond acceptors (Lipinski definition) is 4. The average Bonchev–Trinajstić information content (AvgIpc) is 2.26. The van der Waals surface area contributed by atoms with Gasteiger partial charge < -0.3 is 14.6 Å². The average molecular weight is 271 g/mol. The second-order valence-electron chi connectivity index (χ2n) is 6.27. The number of dihydropyridines is 1. The van der Waals surface area contributed by atoms with Crippen LogP contribution in [0.3, 0.4) is 0 Å². The molecule has 0 bridgehead atoms. The van der Waals surface area contributed by atoms with Crippen molar-refractivity contribution in [2.24, 2.45) is 4.99 Å². The van der Waals surface area contributed by atoms with Gasteiger partial charge in [0, 0.05) is 0 Å². The summed E-state index contributed by atoms with van der Waals surface area (Å²) in [5.41, 5.74) is 1.44. The fourth-order valence-corrected chi connectivity index (χ4v) is 2.33. The molecule has 0 amide bonds. The van der Waals surface area contributed by atoms with Crippen molar-refractivity contribution in [1.82, 2.24) is 0 Å². The Labute approximate surface area is 111 Å². The number of aliphatic imine (C=N–C) groups is 1. The van der Waals surface area contributed by atoms with Gasteiger partial charge in [0.15, 0.2) is 8.32 Å². The molecule has 0 radical (unpaired) electrons. The lowest BCUT2D eigenvalue weighted by Gasteiger charge is -2.36. The van der Waals surface area contributed by atoms with Crippen molar-refractivity contribution in [3.05, 3.63) is 11.6 Å². The first-order chi connectivity index (χ1) is 8.17. The summed E-state index contributed by atoms with van der Waals surface area (Å²) in [5, 5.41) is 18.9. The lowest BCUT2D eigenvalue weighted by Crippen LogP contribution is -2.42. The highest BCUT2D eigenvalue weighted by atomic mass is 28.4. The summed E-state index contributed by atoms with van der Waals surface area (Å²) >= 11 is 0. The van der Waals surface area contributed by atoms with Crippen LogP contribution >= 0.6 is 0 Å². The van der Waals surface area contributed by atoms with E-state index in [0.717, 1.165) is 5.71 Å². The monoisotopic (exact) mass is 271 g/mol. The van der Waals surface area contributed by atoms with Crippen molar-refractivity contribution in [3.8, 4) is 0 Å². The third-order valence-corrected chi connectivity index (χ3v) is 8.30. The van der Waals surface area contributed by atoms with Gasteiger partial charge in [-0.25, -0.2) is 0 Å². The van der Waals surface area contributed by atoms with Gasteiger partial charge in [0.2, 0.25) is 0 Å². The standard InChI is InChI=1S/C13H25NO3Si/c1-13(2,3)18(4,5)17-9-11-6-10(8-15)12(16)7-14-11/h6,12,15-16H,7-9H2,1-5H3. The van der Waals surface area contributed by atoms with Crippen LogP contribution in [-0.4, -0.2) is 50.1 Å². The summed E-state index contributed by atoms with van der Waals surface area (Å²) in [6.07, 6.45) is 1.10. The summed E-state index contributed by atoms with van der Waals surface area (Å²) in [4.78, 5) is 4.27. The normalized spacial score (nSPS) is 21.6. The number of nitrogens with zero attached hydrogens (tertiary/aromatic N) is 1. The summed E-state index contributed by atoms with van der Waals surface area (Å²) < 4.78 is 6.06. The first-order valence-electron chi connectivity index (χ1n) is 6.34. The fraction of sp³-hybridized carbons (Fsp3) is 0.769. The zero-order valence-electron chi connectivity index (χ0n) is 12.0. The largest absolute Gasteiger partial charge is 0.411 e. The second kappa shape index (κ2) is 5.65. The van der Waals surface area contributed by atoms with Crippen molar-refractivity contribution in [1.29, 1.82) is 0 Å².